The van der Waals surface area contributed by atoms with Gasteiger partial charge in [0, 0.05) is 17.0 Å². The van der Waals surface area contributed by atoms with Gasteiger partial charge in [0.2, 0.25) is 0 Å². The van der Waals surface area contributed by atoms with Gasteiger partial charge in [0.1, 0.15) is 5.01 Å². The number of phenolic OH excluding ortho intramolecular Hbond substituents is 2. The molecule has 1 aromatic heterocycles. The molecular formula is C14H18N2O2S. The van der Waals surface area contributed by atoms with Crippen LogP contribution < -0.4 is 5.32 Å². The lowest BCUT2D eigenvalue weighted by Crippen LogP contribution is -2.11. The molecule has 0 saturated heterocycles. The van der Waals surface area contributed by atoms with Crippen LogP contribution >= 0.6 is 11.3 Å². The first-order valence-electron chi connectivity index (χ1n) is 6.37. The van der Waals surface area contributed by atoms with E-state index >= 15 is 0 Å². The minimum absolute atomic E-state index is 0.108. The van der Waals surface area contributed by atoms with Gasteiger partial charge < -0.3 is 15.5 Å². The fourth-order valence-corrected chi connectivity index (χ4v) is 2.93. The number of aromatic hydroxyl groups is 2. The molecule has 3 N–H and O–H groups in total. The van der Waals surface area contributed by atoms with Crippen LogP contribution in [-0.4, -0.2) is 21.7 Å². The highest BCUT2D eigenvalue weighted by Crippen LogP contribution is 2.34. The van der Waals surface area contributed by atoms with Crippen LogP contribution in [0.2, 0.25) is 0 Å². The summed E-state index contributed by atoms with van der Waals surface area (Å²) >= 11 is 1.63. The summed E-state index contributed by atoms with van der Waals surface area (Å²) in [7, 11) is 0. The number of hydrogen-bond acceptors (Lipinski definition) is 5. The van der Waals surface area contributed by atoms with Crippen molar-refractivity contribution in [3.63, 3.8) is 0 Å². The second-order valence-electron chi connectivity index (χ2n) is 4.23. The standard InChI is InChI=1S/C14H18N2O2S/c1-3-10-13(8-15-4-2)19-14(16-10)9-5-6-11(17)12(18)7-9/h5-7,15,17-18H,3-4,8H2,1-2H3. The molecule has 1 heterocycles. The average molecular weight is 278 g/mol. The molecule has 0 bridgehead atoms. The van der Waals surface area contributed by atoms with E-state index in [1.54, 1.807) is 23.5 Å². The molecule has 4 nitrogen and oxygen atoms in total. The molecule has 5 heteroatoms. The topological polar surface area (TPSA) is 65.4 Å². The summed E-state index contributed by atoms with van der Waals surface area (Å²) in [5.41, 5.74) is 1.92. The molecule has 0 amide bonds. The van der Waals surface area contributed by atoms with E-state index in [9.17, 15) is 10.2 Å². The predicted octanol–water partition coefficient (Wildman–Crippen LogP) is 2.89. The molecule has 0 unspecified atom stereocenters. The maximum absolute atomic E-state index is 9.55. The van der Waals surface area contributed by atoms with E-state index in [1.807, 2.05) is 0 Å². The molecule has 0 atom stereocenters. The van der Waals surface area contributed by atoms with Gasteiger partial charge in [-0.05, 0) is 31.2 Å². The molecule has 0 fully saturated rings. The van der Waals surface area contributed by atoms with E-state index in [-0.39, 0.29) is 11.5 Å². The Hall–Kier alpha value is -1.59. The summed E-state index contributed by atoms with van der Waals surface area (Å²) in [6.07, 6.45) is 0.890. The Labute approximate surface area is 116 Å². The quantitative estimate of drug-likeness (QED) is 0.736. The third-order valence-electron chi connectivity index (χ3n) is 2.87. The SMILES string of the molecule is CCNCc1sc(-c2ccc(O)c(O)c2)nc1CC. The summed E-state index contributed by atoms with van der Waals surface area (Å²) in [6.45, 7) is 5.91. The Morgan fingerprint density at radius 2 is 2.00 bits per heavy atom. The highest BCUT2D eigenvalue weighted by molar-refractivity contribution is 7.15. The third-order valence-corrected chi connectivity index (χ3v) is 4.02. The zero-order chi connectivity index (χ0) is 13.8. The number of benzene rings is 1. The fraction of sp³-hybridized carbons (Fsp3) is 0.357. The number of phenols is 2. The highest BCUT2D eigenvalue weighted by Gasteiger charge is 2.12. The number of nitrogens with one attached hydrogen (secondary N) is 1. The summed E-state index contributed by atoms with van der Waals surface area (Å²) in [6, 6.07) is 4.80. The van der Waals surface area contributed by atoms with Gasteiger partial charge in [-0.15, -0.1) is 11.3 Å². The number of aromatic nitrogens is 1. The minimum atomic E-state index is -0.112. The van der Waals surface area contributed by atoms with Gasteiger partial charge >= 0.3 is 0 Å². The van der Waals surface area contributed by atoms with Crippen molar-refractivity contribution in [1.29, 1.82) is 0 Å². The van der Waals surface area contributed by atoms with Gasteiger partial charge in [-0.1, -0.05) is 13.8 Å². The Kier molecular flexibility index (Phi) is 4.39. The van der Waals surface area contributed by atoms with Crippen molar-refractivity contribution in [2.24, 2.45) is 0 Å². The smallest absolute Gasteiger partial charge is 0.158 e. The largest absolute Gasteiger partial charge is 0.504 e. The Bertz CT molecular complexity index is 567. The number of aryl methyl sites for hydroxylation is 1. The van der Waals surface area contributed by atoms with Gasteiger partial charge in [-0.3, -0.25) is 0 Å². The van der Waals surface area contributed by atoms with Crippen LogP contribution in [-0.2, 0) is 13.0 Å². The molecule has 0 aliphatic carbocycles. The maximum atomic E-state index is 9.55. The normalized spacial score (nSPS) is 10.8. The molecule has 0 radical (unpaired) electrons. The summed E-state index contributed by atoms with van der Waals surface area (Å²) in [4.78, 5) is 5.84. The molecular weight excluding hydrogens is 260 g/mol. The van der Waals surface area contributed by atoms with Crippen LogP contribution in [0, 0.1) is 0 Å². The third kappa shape index (κ3) is 3.05. The second kappa shape index (κ2) is 6.04. The molecule has 102 valence electrons. The summed E-state index contributed by atoms with van der Waals surface area (Å²) in [5, 5.41) is 23.1. The first-order chi connectivity index (χ1) is 9.15. The first-order valence-corrected chi connectivity index (χ1v) is 7.19. The van der Waals surface area contributed by atoms with Crippen molar-refractivity contribution in [2.45, 2.75) is 26.8 Å². The Balaban J connectivity index is 2.33. The average Bonchev–Trinajstić information content (AvgIpc) is 2.82. The lowest BCUT2D eigenvalue weighted by atomic mass is 10.2. The summed E-state index contributed by atoms with van der Waals surface area (Å²) in [5.74, 6) is -0.220. The number of hydrogen-bond donors (Lipinski definition) is 3. The highest BCUT2D eigenvalue weighted by atomic mass is 32.1. The Morgan fingerprint density at radius 1 is 1.21 bits per heavy atom. The van der Waals surface area contributed by atoms with Crippen molar-refractivity contribution < 1.29 is 10.2 Å². The van der Waals surface area contributed by atoms with Crippen LogP contribution in [0.4, 0.5) is 0 Å². The van der Waals surface area contributed by atoms with E-state index in [0.717, 1.165) is 35.8 Å². The number of thiazole rings is 1. The molecule has 2 rings (SSSR count). The van der Waals surface area contributed by atoms with Gasteiger partial charge in [0.25, 0.3) is 0 Å². The molecule has 0 aliphatic rings. The van der Waals surface area contributed by atoms with E-state index in [1.165, 1.54) is 10.9 Å². The van der Waals surface area contributed by atoms with Gasteiger partial charge in [0.05, 0.1) is 5.69 Å². The van der Waals surface area contributed by atoms with E-state index in [2.05, 4.69) is 24.1 Å². The van der Waals surface area contributed by atoms with Crippen LogP contribution in [0.3, 0.4) is 0 Å². The van der Waals surface area contributed by atoms with Crippen LogP contribution in [0.25, 0.3) is 10.6 Å². The maximum Gasteiger partial charge on any atom is 0.158 e. The van der Waals surface area contributed by atoms with Crippen LogP contribution in [0.1, 0.15) is 24.4 Å². The van der Waals surface area contributed by atoms with E-state index in [0.29, 0.717) is 0 Å². The monoisotopic (exact) mass is 278 g/mol. The Morgan fingerprint density at radius 3 is 2.63 bits per heavy atom. The van der Waals surface area contributed by atoms with Crippen LogP contribution in [0.5, 0.6) is 11.5 Å². The van der Waals surface area contributed by atoms with Crippen molar-refractivity contribution in [3.05, 3.63) is 28.8 Å². The fourth-order valence-electron chi connectivity index (χ4n) is 1.82. The minimum Gasteiger partial charge on any atom is -0.504 e. The van der Waals surface area contributed by atoms with Crippen molar-refractivity contribution in [1.82, 2.24) is 10.3 Å². The lowest BCUT2D eigenvalue weighted by molar-refractivity contribution is 0.404. The lowest BCUT2D eigenvalue weighted by Gasteiger charge is -2.00. The van der Waals surface area contributed by atoms with Gasteiger partial charge in [0.15, 0.2) is 11.5 Å². The van der Waals surface area contributed by atoms with Crippen LogP contribution in [0.15, 0.2) is 18.2 Å². The predicted molar refractivity (Wildman–Crippen MR) is 77.6 cm³/mol. The van der Waals surface area contributed by atoms with Crippen molar-refractivity contribution >= 4 is 11.3 Å². The zero-order valence-corrected chi connectivity index (χ0v) is 11.9. The van der Waals surface area contributed by atoms with Gasteiger partial charge in [-0.25, -0.2) is 4.98 Å². The first kappa shape index (κ1) is 13.8. The zero-order valence-electron chi connectivity index (χ0n) is 11.1. The van der Waals surface area contributed by atoms with E-state index < -0.39 is 0 Å². The number of rotatable bonds is 5. The summed E-state index contributed by atoms with van der Waals surface area (Å²) < 4.78 is 0. The van der Waals surface area contributed by atoms with Gasteiger partial charge in [-0.2, -0.15) is 0 Å². The van der Waals surface area contributed by atoms with Crippen molar-refractivity contribution in [3.8, 4) is 22.1 Å². The van der Waals surface area contributed by atoms with E-state index in [4.69, 9.17) is 0 Å². The van der Waals surface area contributed by atoms with Crippen molar-refractivity contribution in [2.75, 3.05) is 6.54 Å². The molecule has 19 heavy (non-hydrogen) atoms. The second-order valence-corrected chi connectivity index (χ2v) is 5.31. The number of nitrogens with zero attached hydrogens (tertiary/aromatic N) is 1. The molecule has 0 spiro atoms. The molecule has 0 saturated carbocycles. The molecule has 1 aromatic carbocycles. The molecule has 0 aliphatic heterocycles. The molecule has 2 aromatic rings.